The molecule has 0 amide bonds. The van der Waals surface area contributed by atoms with Crippen LogP contribution in [0.15, 0.2) is 36.7 Å². The number of hydrogen-bond donors (Lipinski definition) is 0. The molecule has 4 rings (SSSR count). The van der Waals surface area contributed by atoms with Gasteiger partial charge in [0.2, 0.25) is 0 Å². The highest BCUT2D eigenvalue weighted by atomic mass is 35.5. The maximum Gasteiger partial charge on any atom is 0.170 e. The lowest BCUT2D eigenvalue weighted by Crippen LogP contribution is -2.27. The zero-order chi connectivity index (χ0) is 15.3. The number of hydrogen-bond acceptors (Lipinski definition) is 2. The summed E-state index contributed by atoms with van der Waals surface area (Å²) in [6.07, 6.45) is 5.63. The molecule has 4 nitrogen and oxygen atoms in total. The van der Waals surface area contributed by atoms with Crippen molar-refractivity contribution in [2.45, 2.75) is 26.3 Å². The number of Topliss-reactive ketones (excluding diaryl/α,β-unsaturated/α-hetero) is 1. The van der Waals surface area contributed by atoms with Gasteiger partial charge in [-0.15, -0.1) is 24.8 Å². The van der Waals surface area contributed by atoms with Gasteiger partial charge in [-0.2, -0.15) is 0 Å². The molecule has 0 N–H and O–H groups in total. The van der Waals surface area contributed by atoms with Crippen molar-refractivity contribution in [2.24, 2.45) is 13.0 Å². The molecule has 0 bridgehead atoms. The number of halogens is 2. The Bertz CT molecular complexity index is 882. The molecule has 0 fully saturated rings. The van der Waals surface area contributed by atoms with Crippen molar-refractivity contribution >= 4 is 41.5 Å². The quantitative estimate of drug-likeness (QED) is 0.689. The first-order valence-corrected chi connectivity index (χ1v) is 7.75. The number of para-hydroxylation sites is 1. The summed E-state index contributed by atoms with van der Waals surface area (Å²) in [6, 6.07) is 8.21. The fourth-order valence-electron chi connectivity index (χ4n) is 3.67. The smallest absolute Gasteiger partial charge is 0.170 e. The van der Waals surface area contributed by atoms with Crippen LogP contribution >= 0.6 is 24.8 Å². The van der Waals surface area contributed by atoms with Gasteiger partial charge in [0, 0.05) is 54.1 Å². The number of aryl methyl sites for hydroxylation is 2. The summed E-state index contributed by atoms with van der Waals surface area (Å²) in [5, 5.41) is 1.09. The summed E-state index contributed by atoms with van der Waals surface area (Å²) in [4.78, 5) is 17.3. The van der Waals surface area contributed by atoms with Crippen molar-refractivity contribution in [3.8, 4) is 0 Å². The number of fused-ring (bicyclic) bond motifs is 3. The highest BCUT2D eigenvalue weighted by Gasteiger charge is 2.32. The van der Waals surface area contributed by atoms with Crippen LogP contribution in [0.4, 0.5) is 0 Å². The van der Waals surface area contributed by atoms with E-state index in [9.17, 15) is 4.79 Å². The molecule has 0 saturated carbocycles. The van der Waals surface area contributed by atoms with E-state index in [1.165, 1.54) is 5.69 Å². The van der Waals surface area contributed by atoms with Crippen molar-refractivity contribution in [2.75, 3.05) is 0 Å². The van der Waals surface area contributed by atoms with Crippen LogP contribution in [0.25, 0.3) is 10.9 Å². The third-order valence-corrected chi connectivity index (χ3v) is 4.92. The van der Waals surface area contributed by atoms with E-state index >= 15 is 0 Å². The minimum atomic E-state index is 0. The van der Waals surface area contributed by atoms with Crippen molar-refractivity contribution in [1.82, 2.24) is 14.1 Å². The number of benzene rings is 1. The average molecular weight is 366 g/mol. The number of aromatic nitrogens is 3. The number of ketones is 1. The van der Waals surface area contributed by atoms with E-state index in [1.807, 2.05) is 25.3 Å². The molecule has 0 aliphatic heterocycles. The van der Waals surface area contributed by atoms with E-state index < -0.39 is 0 Å². The van der Waals surface area contributed by atoms with Gasteiger partial charge in [-0.05, 0) is 25.8 Å². The van der Waals surface area contributed by atoms with Crippen molar-refractivity contribution in [3.05, 3.63) is 53.7 Å². The Morgan fingerprint density at radius 3 is 2.71 bits per heavy atom. The van der Waals surface area contributed by atoms with Crippen LogP contribution in [0.1, 0.15) is 28.3 Å². The fourth-order valence-corrected chi connectivity index (χ4v) is 3.67. The predicted octanol–water partition coefficient (Wildman–Crippen LogP) is 3.97. The predicted molar refractivity (Wildman–Crippen MR) is 101 cm³/mol. The monoisotopic (exact) mass is 365 g/mol. The molecule has 2 aromatic heterocycles. The lowest BCUT2D eigenvalue weighted by Gasteiger charge is -2.23. The Morgan fingerprint density at radius 2 is 2.00 bits per heavy atom. The molecule has 0 spiro atoms. The molecule has 1 aliphatic rings. The van der Waals surface area contributed by atoms with Crippen molar-refractivity contribution in [1.29, 1.82) is 0 Å². The first-order chi connectivity index (χ1) is 10.7. The number of carbonyl (C=O) groups is 1. The molecule has 0 saturated heterocycles. The molecule has 2 heterocycles. The van der Waals surface area contributed by atoms with Gasteiger partial charge in [0.05, 0.1) is 0 Å². The Balaban J connectivity index is 0.00000104. The standard InChI is InChI=1S/C18H19N3O.2ClH/c1-12-19-9-10-21(12)11-13-7-8-16-17(18(13)22)14-5-3-4-6-15(14)20(16)2;;/h3-6,9-10,13H,7-8,11H2,1-2H3;2*1H. The fraction of sp³-hybridized carbons (Fsp3) is 0.333. The molecule has 128 valence electrons. The minimum absolute atomic E-state index is 0. The SMILES string of the molecule is Cc1nccn1CC1CCc2c(c3ccccc3n2C)C1=O.Cl.Cl. The van der Waals surface area contributed by atoms with Crippen LogP contribution in [-0.2, 0) is 20.0 Å². The van der Waals surface area contributed by atoms with Gasteiger partial charge in [0.1, 0.15) is 5.82 Å². The topological polar surface area (TPSA) is 39.8 Å². The third kappa shape index (κ3) is 2.74. The second kappa shape index (κ2) is 6.99. The zero-order valence-electron chi connectivity index (χ0n) is 13.7. The van der Waals surface area contributed by atoms with E-state index in [2.05, 4.69) is 33.3 Å². The van der Waals surface area contributed by atoms with Crippen molar-refractivity contribution in [3.63, 3.8) is 0 Å². The second-order valence-corrected chi connectivity index (χ2v) is 6.12. The van der Waals surface area contributed by atoms with E-state index in [4.69, 9.17) is 0 Å². The second-order valence-electron chi connectivity index (χ2n) is 6.12. The number of nitrogens with zero attached hydrogens (tertiary/aromatic N) is 3. The maximum atomic E-state index is 13.0. The van der Waals surface area contributed by atoms with Crippen LogP contribution in [-0.4, -0.2) is 19.9 Å². The van der Waals surface area contributed by atoms with E-state index in [1.54, 1.807) is 6.20 Å². The Morgan fingerprint density at radius 1 is 1.25 bits per heavy atom. The molecule has 1 aliphatic carbocycles. The summed E-state index contributed by atoms with van der Waals surface area (Å²) < 4.78 is 4.26. The lowest BCUT2D eigenvalue weighted by atomic mass is 9.85. The summed E-state index contributed by atoms with van der Waals surface area (Å²) in [6.45, 7) is 2.71. The van der Waals surface area contributed by atoms with Gasteiger partial charge in [0.15, 0.2) is 5.78 Å². The van der Waals surface area contributed by atoms with Gasteiger partial charge in [-0.25, -0.2) is 4.98 Å². The molecule has 1 atom stereocenters. The largest absolute Gasteiger partial charge is 0.347 e. The van der Waals surface area contributed by atoms with Gasteiger partial charge in [0.25, 0.3) is 0 Å². The van der Waals surface area contributed by atoms with Crippen LogP contribution in [0.3, 0.4) is 0 Å². The summed E-state index contributed by atoms with van der Waals surface area (Å²) in [5.41, 5.74) is 3.28. The molecule has 0 radical (unpaired) electrons. The van der Waals surface area contributed by atoms with E-state index in [0.29, 0.717) is 0 Å². The summed E-state index contributed by atoms with van der Waals surface area (Å²) >= 11 is 0. The third-order valence-electron chi connectivity index (χ3n) is 4.92. The van der Waals surface area contributed by atoms with Gasteiger partial charge < -0.3 is 9.13 Å². The molecule has 3 aromatic rings. The molecule has 24 heavy (non-hydrogen) atoms. The molecule has 6 heteroatoms. The normalized spacial score (nSPS) is 16.4. The van der Waals surface area contributed by atoms with Crippen LogP contribution in [0.5, 0.6) is 0 Å². The highest BCUT2D eigenvalue weighted by molar-refractivity contribution is 6.11. The summed E-state index contributed by atoms with van der Waals surface area (Å²) in [5.74, 6) is 1.30. The zero-order valence-corrected chi connectivity index (χ0v) is 15.4. The van der Waals surface area contributed by atoms with Crippen LogP contribution in [0.2, 0.25) is 0 Å². The van der Waals surface area contributed by atoms with Gasteiger partial charge in [-0.1, -0.05) is 18.2 Å². The van der Waals surface area contributed by atoms with Gasteiger partial charge >= 0.3 is 0 Å². The Hall–Kier alpha value is -1.78. The van der Waals surface area contributed by atoms with Crippen molar-refractivity contribution < 1.29 is 4.79 Å². The first-order valence-electron chi connectivity index (χ1n) is 7.75. The maximum absolute atomic E-state index is 13.0. The average Bonchev–Trinajstić information content (AvgIpc) is 3.05. The lowest BCUT2D eigenvalue weighted by molar-refractivity contribution is 0.0888. The van der Waals surface area contributed by atoms with Crippen LogP contribution in [0, 0.1) is 12.8 Å². The number of imidazole rings is 1. The van der Waals surface area contributed by atoms with Gasteiger partial charge in [-0.3, -0.25) is 4.79 Å². The number of carbonyl (C=O) groups excluding carboxylic acids is 1. The molecular weight excluding hydrogens is 345 g/mol. The Labute approximate surface area is 153 Å². The molecular formula is C18H21Cl2N3O. The van der Waals surface area contributed by atoms with E-state index in [-0.39, 0.29) is 36.5 Å². The van der Waals surface area contributed by atoms with Crippen LogP contribution < -0.4 is 0 Å². The Kier molecular flexibility index (Phi) is 5.41. The summed E-state index contributed by atoms with van der Waals surface area (Å²) in [7, 11) is 2.06. The number of rotatable bonds is 2. The molecule has 1 unspecified atom stereocenters. The van der Waals surface area contributed by atoms with E-state index in [0.717, 1.165) is 41.7 Å². The highest BCUT2D eigenvalue weighted by Crippen LogP contribution is 2.34. The minimum Gasteiger partial charge on any atom is -0.347 e. The molecule has 1 aromatic carbocycles. The first kappa shape index (κ1) is 18.6.